The minimum absolute atomic E-state index is 0. The van der Waals surface area contributed by atoms with Crippen molar-refractivity contribution in [2.75, 3.05) is 0 Å². The minimum atomic E-state index is -3.40. The molecule has 0 saturated heterocycles. The summed E-state index contributed by atoms with van der Waals surface area (Å²) < 4.78 is 22.2. The first-order valence-electron chi connectivity index (χ1n) is 4.65. The number of hydrogen-bond donors (Lipinski definition) is 2. The molecule has 2 aromatic carbocycles. The standard InChI is InChI=1S/C12H12O2S.Zn/c13-15(14,11-7-3-1-4-8-11)12-9-5-2-6-10-12;/h1-10,15H,(H,13,14);. The molecule has 0 aliphatic heterocycles. The molecule has 0 fully saturated rings. The van der Waals surface area contributed by atoms with Crippen LogP contribution in [0.5, 0.6) is 0 Å². The van der Waals surface area contributed by atoms with E-state index < -0.39 is 10.2 Å². The summed E-state index contributed by atoms with van der Waals surface area (Å²) in [6, 6.07) is 17.4. The molecule has 0 aromatic heterocycles. The van der Waals surface area contributed by atoms with Gasteiger partial charge in [0.25, 0.3) is 0 Å². The average molecular weight is 286 g/mol. The van der Waals surface area contributed by atoms with Crippen molar-refractivity contribution >= 4 is 10.2 Å². The Hall–Kier alpha value is -0.827. The van der Waals surface area contributed by atoms with Gasteiger partial charge in [-0.15, -0.1) is 10.2 Å². The van der Waals surface area contributed by atoms with Crippen LogP contribution < -0.4 is 0 Å². The van der Waals surface area contributed by atoms with Gasteiger partial charge in [0, 0.05) is 19.5 Å². The second kappa shape index (κ2) is 5.49. The third-order valence-electron chi connectivity index (χ3n) is 2.21. The third kappa shape index (κ3) is 2.64. The van der Waals surface area contributed by atoms with Crippen molar-refractivity contribution in [1.29, 1.82) is 0 Å². The molecule has 2 nitrogen and oxygen atoms in total. The Kier molecular flexibility index (Phi) is 4.54. The van der Waals surface area contributed by atoms with E-state index in [9.17, 15) is 8.76 Å². The van der Waals surface area contributed by atoms with E-state index in [0.717, 1.165) is 0 Å². The Morgan fingerprint density at radius 1 is 0.750 bits per heavy atom. The van der Waals surface area contributed by atoms with E-state index in [1.54, 1.807) is 48.5 Å². The van der Waals surface area contributed by atoms with Crippen molar-refractivity contribution in [3.8, 4) is 0 Å². The molecular weight excluding hydrogens is 274 g/mol. The van der Waals surface area contributed by atoms with Crippen molar-refractivity contribution in [3.05, 3.63) is 60.7 Å². The Morgan fingerprint density at radius 2 is 1.06 bits per heavy atom. The summed E-state index contributed by atoms with van der Waals surface area (Å²) in [5.74, 6) is 0. The van der Waals surface area contributed by atoms with Gasteiger partial charge in [-0.2, -0.15) is 0 Å². The van der Waals surface area contributed by atoms with E-state index in [1.165, 1.54) is 0 Å². The predicted octanol–water partition coefficient (Wildman–Crippen LogP) is 2.59. The van der Waals surface area contributed by atoms with Crippen LogP contribution in [0, 0.1) is 0 Å². The van der Waals surface area contributed by atoms with Gasteiger partial charge >= 0.3 is 0 Å². The quantitative estimate of drug-likeness (QED) is 0.657. The van der Waals surface area contributed by atoms with Crippen LogP contribution in [0.4, 0.5) is 0 Å². The van der Waals surface area contributed by atoms with E-state index in [1.807, 2.05) is 12.1 Å². The predicted molar refractivity (Wildman–Crippen MR) is 61.6 cm³/mol. The molecule has 0 atom stereocenters. The summed E-state index contributed by atoms with van der Waals surface area (Å²) in [7, 11) is -3.40. The molecule has 1 N–H and O–H groups in total. The first-order chi connectivity index (χ1) is 7.21. The van der Waals surface area contributed by atoms with E-state index in [4.69, 9.17) is 0 Å². The molecule has 2 rings (SSSR count). The van der Waals surface area contributed by atoms with Crippen LogP contribution in [-0.4, -0.2) is 8.76 Å². The second-order valence-corrected chi connectivity index (χ2v) is 5.43. The molecule has 2 aromatic rings. The summed E-state index contributed by atoms with van der Waals surface area (Å²) in [4.78, 5) is 0.937. The van der Waals surface area contributed by atoms with Crippen LogP contribution >= 0.6 is 0 Å². The summed E-state index contributed by atoms with van der Waals surface area (Å²) in [5.41, 5.74) is 0. The van der Waals surface area contributed by atoms with Gasteiger partial charge in [0.2, 0.25) is 0 Å². The number of benzene rings is 2. The van der Waals surface area contributed by atoms with Crippen LogP contribution in [0.25, 0.3) is 0 Å². The van der Waals surface area contributed by atoms with Crippen LogP contribution in [0.15, 0.2) is 70.5 Å². The summed E-state index contributed by atoms with van der Waals surface area (Å²) >= 11 is 0. The zero-order chi connectivity index (χ0) is 10.7. The van der Waals surface area contributed by atoms with Crippen molar-refractivity contribution in [3.63, 3.8) is 0 Å². The fourth-order valence-corrected chi connectivity index (χ4v) is 2.86. The average Bonchev–Trinajstić information content (AvgIpc) is 2.31. The van der Waals surface area contributed by atoms with E-state index in [-0.39, 0.29) is 19.5 Å². The molecule has 0 heterocycles. The van der Waals surface area contributed by atoms with Gasteiger partial charge in [-0.25, -0.2) is 4.21 Å². The third-order valence-corrected chi connectivity index (χ3v) is 4.21. The van der Waals surface area contributed by atoms with E-state index >= 15 is 0 Å². The Morgan fingerprint density at radius 3 is 1.38 bits per heavy atom. The molecule has 0 bridgehead atoms. The largest absolute Gasteiger partial charge is 0.297 e. The molecule has 16 heavy (non-hydrogen) atoms. The minimum Gasteiger partial charge on any atom is -0.297 e. The first kappa shape index (κ1) is 13.2. The Labute approximate surface area is 109 Å². The monoisotopic (exact) mass is 284 g/mol. The van der Waals surface area contributed by atoms with Gasteiger partial charge in [-0.3, -0.25) is 4.55 Å². The van der Waals surface area contributed by atoms with E-state index in [0.29, 0.717) is 9.79 Å². The molecular formula is C12H12O2SZn. The van der Waals surface area contributed by atoms with Crippen molar-refractivity contribution < 1.29 is 28.2 Å². The number of hydrogen-bond acceptors (Lipinski definition) is 1. The molecule has 4 heteroatoms. The molecule has 0 unspecified atom stereocenters. The van der Waals surface area contributed by atoms with Gasteiger partial charge < -0.3 is 0 Å². The van der Waals surface area contributed by atoms with Gasteiger partial charge in [0.1, 0.15) is 0 Å². The van der Waals surface area contributed by atoms with Crippen molar-refractivity contribution in [2.24, 2.45) is 0 Å². The first-order valence-corrected chi connectivity index (χ1v) is 6.31. The zero-order valence-corrected chi connectivity index (χ0v) is 12.6. The molecule has 0 amide bonds. The maximum atomic E-state index is 12.2. The molecule has 0 saturated carbocycles. The maximum absolute atomic E-state index is 12.2. The van der Waals surface area contributed by atoms with Crippen LogP contribution in [0.2, 0.25) is 0 Å². The topological polar surface area (TPSA) is 37.3 Å². The fourth-order valence-electron chi connectivity index (χ4n) is 1.41. The molecule has 0 aliphatic carbocycles. The van der Waals surface area contributed by atoms with Crippen LogP contribution in [-0.2, 0) is 29.7 Å². The van der Waals surface area contributed by atoms with Gasteiger partial charge in [-0.1, -0.05) is 36.4 Å². The van der Waals surface area contributed by atoms with Crippen LogP contribution in [0.1, 0.15) is 0 Å². The Balaban J connectivity index is 0.00000128. The molecule has 80 valence electrons. The summed E-state index contributed by atoms with van der Waals surface area (Å²) in [6.07, 6.45) is 0. The second-order valence-electron chi connectivity index (χ2n) is 3.25. The summed E-state index contributed by atoms with van der Waals surface area (Å²) in [5, 5.41) is 0. The molecule has 0 spiro atoms. The zero-order valence-electron chi connectivity index (χ0n) is 8.78. The van der Waals surface area contributed by atoms with E-state index in [2.05, 4.69) is 0 Å². The molecule has 0 aliphatic rings. The maximum Gasteiger partial charge on any atom is 0.0564 e. The van der Waals surface area contributed by atoms with Crippen molar-refractivity contribution in [2.45, 2.75) is 9.79 Å². The normalized spacial score (nSPS) is 11.6. The van der Waals surface area contributed by atoms with Gasteiger partial charge in [-0.05, 0) is 24.3 Å². The smallest absolute Gasteiger partial charge is 0.0564 e. The SMILES string of the molecule is O=[SH](O)(c1ccccc1)c1ccccc1.[Zn]. The van der Waals surface area contributed by atoms with Gasteiger partial charge in [0.15, 0.2) is 0 Å². The Bertz CT molecular complexity index is 441. The molecule has 0 radical (unpaired) electrons. The van der Waals surface area contributed by atoms with Crippen molar-refractivity contribution in [1.82, 2.24) is 0 Å². The number of rotatable bonds is 2. The fraction of sp³-hybridized carbons (Fsp3) is 0. The van der Waals surface area contributed by atoms with Gasteiger partial charge in [0.05, 0.1) is 9.79 Å². The number of thiol groups is 1. The summed E-state index contributed by atoms with van der Waals surface area (Å²) in [6.45, 7) is 0. The van der Waals surface area contributed by atoms with Crippen LogP contribution in [0.3, 0.4) is 0 Å².